The van der Waals surface area contributed by atoms with Crippen molar-refractivity contribution in [3.05, 3.63) is 34.5 Å². The second kappa shape index (κ2) is 4.15. The molecule has 0 bridgehead atoms. The number of hydrogen-bond acceptors (Lipinski definition) is 2. The minimum Gasteiger partial charge on any atom is -0.344 e. The average Bonchev–Trinajstić information content (AvgIpc) is 2.91. The van der Waals surface area contributed by atoms with Crippen molar-refractivity contribution in [1.82, 2.24) is 9.88 Å². The van der Waals surface area contributed by atoms with E-state index in [0.29, 0.717) is 0 Å². The number of hydrogen-bond donors (Lipinski definition) is 1. The second-order valence-corrected chi connectivity index (χ2v) is 4.97. The lowest BCUT2D eigenvalue weighted by atomic mass is 10.1. The predicted molar refractivity (Wildman–Crippen MR) is 72.2 cm³/mol. The first-order valence-corrected chi connectivity index (χ1v) is 6.51. The molecule has 0 aliphatic carbocycles. The number of nitriles is 1. The third-order valence-corrected chi connectivity index (χ3v) is 3.83. The number of rotatable bonds is 2. The fourth-order valence-electron chi connectivity index (χ4n) is 2.92. The fourth-order valence-corrected chi connectivity index (χ4v) is 2.92. The van der Waals surface area contributed by atoms with Crippen LogP contribution < -0.4 is 5.32 Å². The molecule has 1 aromatic heterocycles. The summed E-state index contributed by atoms with van der Waals surface area (Å²) in [6, 6.07) is 6.82. The Balaban J connectivity index is 2.34. The van der Waals surface area contributed by atoms with E-state index in [1.54, 1.807) is 0 Å². The summed E-state index contributed by atoms with van der Waals surface area (Å²) in [7, 11) is 0. The summed E-state index contributed by atoms with van der Waals surface area (Å²) in [5.74, 6) is 0. The molecule has 0 radical (unpaired) electrons. The third-order valence-electron chi connectivity index (χ3n) is 3.83. The van der Waals surface area contributed by atoms with Crippen LogP contribution in [-0.4, -0.2) is 4.57 Å². The first-order chi connectivity index (χ1) is 8.76. The smallest absolute Gasteiger partial charge is 0.102 e. The molecular formula is C15H17N3. The first kappa shape index (κ1) is 11.3. The highest BCUT2D eigenvalue weighted by Gasteiger charge is 2.18. The van der Waals surface area contributed by atoms with E-state index in [9.17, 15) is 5.26 Å². The SMILES string of the molecule is CCCn1c(C)c(C#N)c2cc3c(cc21)CNC3. The number of aromatic nitrogens is 1. The van der Waals surface area contributed by atoms with E-state index in [4.69, 9.17) is 0 Å². The zero-order valence-electron chi connectivity index (χ0n) is 10.9. The van der Waals surface area contributed by atoms with E-state index in [-0.39, 0.29) is 0 Å². The minimum atomic E-state index is 0.841. The van der Waals surface area contributed by atoms with Gasteiger partial charge in [-0.2, -0.15) is 5.26 Å². The highest BCUT2D eigenvalue weighted by atomic mass is 15.0. The van der Waals surface area contributed by atoms with Gasteiger partial charge in [0.15, 0.2) is 0 Å². The van der Waals surface area contributed by atoms with E-state index in [2.05, 4.69) is 41.9 Å². The van der Waals surface area contributed by atoms with Gasteiger partial charge in [0, 0.05) is 36.2 Å². The summed E-state index contributed by atoms with van der Waals surface area (Å²) >= 11 is 0. The molecule has 1 aliphatic rings. The van der Waals surface area contributed by atoms with Crippen molar-refractivity contribution in [2.75, 3.05) is 0 Å². The molecule has 0 fully saturated rings. The number of nitrogens with one attached hydrogen (secondary N) is 1. The Morgan fingerprint density at radius 2 is 2.06 bits per heavy atom. The zero-order valence-corrected chi connectivity index (χ0v) is 10.9. The lowest BCUT2D eigenvalue weighted by Crippen LogP contribution is -2.00. The maximum Gasteiger partial charge on any atom is 0.102 e. The maximum atomic E-state index is 9.37. The molecule has 3 heteroatoms. The van der Waals surface area contributed by atoms with Crippen LogP contribution in [0.2, 0.25) is 0 Å². The van der Waals surface area contributed by atoms with Crippen molar-refractivity contribution >= 4 is 10.9 Å². The molecule has 1 aliphatic heterocycles. The van der Waals surface area contributed by atoms with Crippen LogP contribution in [0.5, 0.6) is 0 Å². The summed E-state index contributed by atoms with van der Waals surface area (Å²) in [5, 5.41) is 13.8. The lowest BCUT2D eigenvalue weighted by Gasteiger charge is -2.07. The van der Waals surface area contributed by atoms with Gasteiger partial charge in [-0.05, 0) is 36.6 Å². The van der Waals surface area contributed by atoms with Crippen LogP contribution in [0, 0.1) is 18.3 Å². The zero-order chi connectivity index (χ0) is 12.7. The van der Waals surface area contributed by atoms with E-state index in [0.717, 1.165) is 42.7 Å². The molecule has 0 atom stereocenters. The third kappa shape index (κ3) is 1.46. The summed E-state index contributed by atoms with van der Waals surface area (Å²) in [6.07, 6.45) is 1.09. The first-order valence-electron chi connectivity index (χ1n) is 6.51. The van der Waals surface area contributed by atoms with Gasteiger partial charge >= 0.3 is 0 Å². The van der Waals surface area contributed by atoms with Crippen molar-refractivity contribution in [2.24, 2.45) is 0 Å². The molecule has 0 unspecified atom stereocenters. The number of nitrogens with zero attached hydrogens (tertiary/aromatic N) is 2. The molecule has 3 nitrogen and oxygen atoms in total. The number of fused-ring (bicyclic) bond motifs is 2. The highest BCUT2D eigenvalue weighted by molar-refractivity contribution is 5.89. The Morgan fingerprint density at radius 3 is 2.72 bits per heavy atom. The van der Waals surface area contributed by atoms with Crippen LogP contribution in [0.25, 0.3) is 10.9 Å². The maximum absolute atomic E-state index is 9.37. The van der Waals surface area contributed by atoms with E-state index in [1.807, 2.05) is 0 Å². The molecule has 2 aromatic rings. The predicted octanol–water partition coefficient (Wildman–Crippen LogP) is 2.83. The minimum absolute atomic E-state index is 0.841. The van der Waals surface area contributed by atoms with Crippen LogP contribution in [0.15, 0.2) is 12.1 Å². The quantitative estimate of drug-likeness (QED) is 0.875. The molecule has 0 saturated carbocycles. The van der Waals surface area contributed by atoms with Gasteiger partial charge in [-0.25, -0.2) is 0 Å². The molecule has 0 spiro atoms. The van der Waals surface area contributed by atoms with Crippen LogP contribution in [0.1, 0.15) is 35.7 Å². The van der Waals surface area contributed by atoms with Crippen LogP contribution in [-0.2, 0) is 19.6 Å². The molecule has 0 saturated heterocycles. The molecule has 92 valence electrons. The largest absolute Gasteiger partial charge is 0.344 e. The number of aryl methyl sites for hydroxylation is 1. The van der Waals surface area contributed by atoms with Gasteiger partial charge in [-0.3, -0.25) is 0 Å². The van der Waals surface area contributed by atoms with Crippen LogP contribution in [0.4, 0.5) is 0 Å². The topological polar surface area (TPSA) is 40.8 Å². The number of benzene rings is 1. The van der Waals surface area contributed by atoms with Gasteiger partial charge in [-0.15, -0.1) is 0 Å². The fraction of sp³-hybridized carbons (Fsp3) is 0.400. The molecule has 3 rings (SSSR count). The Labute approximate surface area is 107 Å². The summed E-state index contributed by atoms with van der Waals surface area (Å²) in [4.78, 5) is 0. The van der Waals surface area contributed by atoms with E-state index >= 15 is 0 Å². The van der Waals surface area contributed by atoms with Gasteiger partial charge in [0.05, 0.1) is 5.56 Å². The second-order valence-electron chi connectivity index (χ2n) is 4.97. The van der Waals surface area contributed by atoms with Crippen LogP contribution >= 0.6 is 0 Å². The molecule has 2 heterocycles. The Morgan fingerprint density at radius 1 is 1.33 bits per heavy atom. The van der Waals surface area contributed by atoms with Crippen molar-refractivity contribution < 1.29 is 0 Å². The van der Waals surface area contributed by atoms with Crippen molar-refractivity contribution in [1.29, 1.82) is 5.26 Å². The molecule has 0 amide bonds. The van der Waals surface area contributed by atoms with Gasteiger partial charge < -0.3 is 9.88 Å². The lowest BCUT2D eigenvalue weighted by molar-refractivity contribution is 0.684. The average molecular weight is 239 g/mol. The van der Waals surface area contributed by atoms with Crippen LogP contribution in [0.3, 0.4) is 0 Å². The van der Waals surface area contributed by atoms with Gasteiger partial charge in [0.1, 0.15) is 6.07 Å². The summed E-state index contributed by atoms with van der Waals surface area (Å²) < 4.78 is 2.28. The molecule has 1 aromatic carbocycles. The van der Waals surface area contributed by atoms with Crippen molar-refractivity contribution in [3.8, 4) is 6.07 Å². The molecule has 1 N–H and O–H groups in total. The summed E-state index contributed by atoms with van der Waals surface area (Å²) in [5.41, 5.74) is 5.88. The Kier molecular flexibility index (Phi) is 2.61. The van der Waals surface area contributed by atoms with Gasteiger partial charge in [0.2, 0.25) is 0 Å². The normalized spacial score (nSPS) is 13.8. The van der Waals surface area contributed by atoms with Gasteiger partial charge in [0.25, 0.3) is 0 Å². The Bertz CT molecular complexity index is 659. The van der Waals surface area contributed by atoms with Gasteiger partial charge in [-0.1, -0.05) is 6.92 Å². The van der Waals surface area contributed by atoms with E-state index < -0.39 is 0 Å². The van der Waals surface area contributed by atoms with Crippen molar-refractivity contribution in [2.45, 2.75) is 39.9 Å². The van der Waals surface area contributed by atoms with Crippen molar-refractivity contribution in [3.63, 3.8) is 0 Å². The summed E-state index contributed by atoms with van der Waals surface area (Å²) in [6.45, 7) is 7.08. The molecule has 18 heavy (non-hydrogen) atoms. The monoisotopic (exact) mass is 239 g/mol. The highest BCUT2D eigenvalue weighted by Crippen LogP contribution is 2.30. The van der Waals surface area contributed by atoms with E-state index in [1.165, 1.54) is 16.6 Å². The standard InChI is InChI=1S/C15H17N3/c1-3-4-18-10(2)14(7-16)13-5-11-8-17-9-12(11)6-15(13)18/h5-6,17H,3-4,8-9H2,1-2H3. The Hall–Kier alpha value is -1.79. The molecular weight excluding hydrogens is 222 g/mol.